The van der Waals surface area contributed by atoms with Crippen molar-refractivity contribution in [2.24, 2.45) is 4.99 Å². The number of carbonyl (C=O) groups excluding carboxylic acids is 1. The highest BCUT2D eigenvalue weighted by Gasteiger charge is 2.11. The lowest BCUT2D eigenvalue weighted by atomic mass is 10.2. The third-order valence-electron chi connectivity index (χ3n) is 2.68. The van der Waals surface area contributed by atoms with Crippen LogP contribution in [0, 0.1) is 18.3 Å². The number of amides is 1. The molecule has 0 aliphatic carbocycles. The SMILES string of the molecule is Cc1ccccc1NC(=O)/C(C#N)=C\NC1=NCCS1. The standard InChI is InChI=1S/C14H14N4OS/c1-10-4-2-3-5-12(10)18-13(19)11(8-15)9-17-14-16-6-7-20-14/h2-5,9H,6-7H2,1H3,(H,16,17)(H,18,19)/b11-9-. The van der Waals surface area contributed by atoms with Crippen molar-refractivity contribution in [1.29, 1.82) is 5.26 Å². The maximum absolute atomic E-state index is 12.0. The molecular weight excluding hydrogens is 272 g/mol. The average Bonchev–Trinajstić information content (AvgIpc) is 2.95. The second kappa shape index (κ2) is 6.78. The summed E-state index contributed by atoms with van der Waals surface area (Å²) in [4.78, 5) is 16.2. The summed E-state index contributed by atoms with van der Waals surface area (Å²) < 4.78 is 0. The Morgan fingerprint density at radius 2 is 2.30 bits per heavy atom. The van der Waals surface area contributed by atoms with Crippen LogP contribution in [0.2, 0.25) is 0 Å². The first-order valence-corrected chi connectivity index (χ1v) is 7.10. The quantitative estimate of drug-likeness (QED) is 0.658. The van der Waals surface area contributed by atoms with E-state index in [4.69, 9.17) is 5.26 Å². The number of anilines is 1. The fourth-order valence-corrected chi connectivity index (χ4v) is 2.31. The van der Waals surface area contributed by atoms with Gasteiger partial charge in [-0.05, 0) is 18.6 Å². The van der Waals surface area contributed by atoms with E-state index in [1.807, 2.05) is 31.2 Å². The van der Waals surface area contributed by atoms with Crippen molar-refractivity contribution in [3.63, 3.8) is 0 Å². The van der Waals surface area contributed by atoms with E-state index in [9.17, 15) is 4.79 Å². The molecule has 102 valence electrons. The molecule has 5 nitrogen and oxygen atoms in total. The van der Waals surface area contributed by atoms with Crippen LogP contribution in [0.1, 0.15) is 5.56 Å². The smallest absolute Gasteiger partial charge is 0.267 e. The van der Waals surface area contributed by atoms with Gasteiger partial charge in [-0.1, -0.05) is 30.0 Å². The number of benzene rings is 1. The lowest BCUT2D eigenvalue weighted by Gasteiger charge is -2.07. The molecule has 0 saturated heterocycles. The first kappa shape index (κ1) is 14.2. The van der Waals surface area contributed by atoms with Gasteiger partial charge >= 0.3 is 0 Å². The van der Waals surface area contributed by atoms with Crippen molar-refractivity contribution in [1.82, 2.24) is 5.32 Å². The fraction of sp³-hybridized carbons (Fsp3) is 0.214. The zero-order chi connectivity index (χ0) is 14.4. The van der Waals surface area contributed by atoms with Crippen LogP contribution in [0.4, 0.5) is 5.69 Å². The number of thioether (sulfide) groups is 1. The number of aryl methyl sites for hydroxylation is 1. The maximum atomic E-state index is 12.0. The van der Waals surface area contributed by atoms with E-state index < -0.39 is 5.91 Å². The number of rotatable bonds is 3. The van der Waals surface area contributed by atoms with E-state index in [0.29, 0.717) is 5.69 Å². The Morgan fingerprint density at radius 3 is 2.95 bits per heavy atom. The molecule has 0 aromatic heterocycles. The molecule has 1 aliphatic rings. The van der Waals surface area contributed by atoms with Gasteiger partial charge < -0.3 is 10.6 Å². The minimum absolute atomic E-state index is 0.0171. The second-order valence-electron chi connectivity index (χ2n) is 4.12. The highest BCUT2D eigenvalue weighted by molar-refractivity contribution is 8.14. The third kappa shape index (κ3) is 3.62. The van der Waals surface area contributed by atoms with Gasteiger partial charge in [-0.25, -0.2) is 0 Å². The van der Waals surface area contributed by atoms with Crippen molar-refractivity contribution < 1.29 is 4.79 Å². The van der Waals surface area contributed by atoms with Gasteiger partial charge in [-0.15, -0.1) is 0 Å². The van der Waals surface area contributed by atoms with Crippen LogP contribution >= 0.6 is 11.8 Å². The number of nitrogens with one attached hydrogen (secondary N) is 2. The van der Waals surface area contributed by atoms with Crippen molar-refractivity contribution in [2.75, 3.05) is 17.6 Å². The van der Waals surface area contributed by atoms with Gasteiger partial charge in [0.15, 0.2) is 5.17 Å². The number of para-hydroxylation sites is 1. The lowest BCUT2D eigenvalue weighted by molar-refractivity contribution is -0.112. The molecule has 0 atom stereocenters. The molecule has 0 bridgehead atoms. The Bertz CT molecular complexity index is 616. The highest BCUT2D eigenvalue weighted by atomic mass is 32.2. The Kier molecular flexibility index (Phi) is 4.80. The first-order chi connectivity index (χ1) is 9.70. The molecule has 2 N–H and O–H groups in total. The summed E-state index contributed by atoms with van der Waals surface area (Å²) in [6, 6.07) is 9.31. The molecule has 1 heterocycles. The Labute approximate surface area is 121 Å². The van der Waals surface area contributed by atoms with Gasteiger partial charge in [0.25, 0.3) is 5.91 Å². The predicted octanol–water partition coefficient (Wildman–Crippen LogP) is 2.03. The molecule has 0 radical (unpaired) electrons. The van der Waals surface area contributed by atoms with Crippen LogP contribution in [-0.4, -0.2) is 23.4 Å². The normalized spacial score (nSPS) is 14.4. The summed E-state index contributed by atoms with van der Waals surface area (Å²) in [6.07, 6.45) is 1.39. The number of aliphatic imine (C=N–C) groups is 1. The highest BCUT2D eigenvalue weighted by Crippen LogP contribution is 2.14. The zero-order valence-corrected chi connectivity index (χ0v) is 11.8. The van der Waals surface area contributed by atoms with Crippen LogP contribution in [0.25, 0.3) is 0 Å². The zero-order valence-electron chi connectivity index (χ0n) is 11.0. The summed E-state index contributed by atoms with van der Waals surface area (Å²) in [5.41, 5.74) is 1.66. The number of hydrogen-bond donors (Lipinski definition) is 2. The van der Waals surface area contributed by atoms with Crippen molar-refractivity contribution in [2.45, 2.75) is 6.92 Å². The molecule has 6 heteroatoms. The van der Waals surface area contributed by atoms with Gasteiger partial charge in [0, 0.05) is 17.6 Å². The van der Waals surface area contributed by atoms with Crippen LogP contribution < -0.4 is 10.6 Å². The number of nitrogens with zero attached hydrogens (tertiary/aromatic N) is 2. The molecule has 20 heavy (non-hydrogen) atoms. The number of nitriles is 1. The van der Waals surface area contributed by atoms with E-state index in [1.165, 1.54) is 6.20 Å². The molecule has 0 unspecified atom stereocenters. The van der Waals surface area contributed by atoms with E-state index in [0.717, 1.165) is 23.0 Å². The van der Waals surface area contributed by atoms with E-state index in [1.54, 1.807) is 17.8 Å². The fourth-order valence-electron chi connectivity index (χ4n) is 1.61. The third-order valence-corrected chi connectivity index (χ3v) is 3.59. The van der Waals surface area contributed by atoms with Crippen LogP contribution in [0.15, 0.2) is 41.0 Å². The van der Waals surface area contributed by atoms with Gasteiger partial charge in [-0.3, -0.25) is 9.79 Å². The average molecular weight is 286 g/mol. The molecule has 1 aliphatic heterocycles. The largest absolute Gasteiger partial charge is 0.340 e. The molecule has 2 rings (SSSR count). The first-order valence-electron chi connectivity index (χ1n) is 6.12. The van der Waals surface area contributed by atoms with E-state index in [2.05, 4.69) is 15.6 Å². The maximum Gasteiger partial charge on any atom is 0.267 e. The summed E-state index contributed by atoms with van der Waals surface area (Å²) in [7, 11) is 0. The topological polar surface area (TPSA) is 77.3 Å². The van der Waals surface area contributed by atoms with E-state index >= 15 is 0 Å². The van der Waals surface area contributed by atoms with Crippen LogP contribution in [0.5, 0.6) is 0 Å². The minimum Gasteiger partial charge on any atom is -0.340 e. The van der Waals surface area contributed by atoms with Gasteiger partial charge in [0.1, 0.15) is 11.6 Å². The summed E-state index contributed by atoms with van der Waals surface area (Å²) >= 11 is 1.57. The molecule has 1 amide bonds. The second-order valence-corrected chi connectivity index (χ2v) is 5.20. The molecule has 0 spiro atoms. The molecule has 1 aromatic rings. The summed E-state index contributed by atoms with van der Waals surface area (Å²) in [6.45, 7) is 2.66. The monoisotopic (exact) mass is 286 g/mol. The number of carbonyl (C=O) groups is 1. The van der Waals surface area contributed by atoms with Crippen LogP contribution in [-0.2, 0) is 4.79 Å². The molecule has 0 saturated carbocycles. The number of amidine groups is 1. The van der Waals surface area contributed by atoms with Crippen molar-refractivity contribution in [3.05, 3.63) is 41.6 Å². The van der Waals surface area contributed by atoms with E-state index in [-0.39, 0.29) is 5.57 Å². The van der Waals surface area contributed by atoms with Crippen molar-refractivity contribution in [3.8, 4) is 6.07 Å². The minimum atomic E-state index is -0.433. The summed E-state index contributed by atoms with van der Waals surface area (Å²) in [5, 5.41) is 15.4. The van der Waals surface area contributed by atoms with Gasteiger partial charge in [-0.2, -0.15) is 5.26 Å². The van der Waals surface area contributed by atoms with Gasteiger partial charge in [0.2, 0.25) is 0 Å². The Morgan fingerprint density at radius 1 is 1.50 bits per heavy atom. The molecule has 1 aromatic carbocycles. The Hall–Kier alpha value is -2.26. The lowest BCUT2D eigenvalue weighted by Crippen LogP contribution is -2.19. The summed E-state index contributed by atoms with van der Waals surface area (Å²) in [5.74, 6) is 0.492. The predicted molar refractivity (Wildman–Crippen MR) is 81.4 cm³/mol. The molecule has 0 fully saturated rings. The van der Waals surface area contributed by atoms with Gasteiger partial charge in [0.05, 0.1) is 6.54 Å². The Balaban J connectivity index is 2.04. The molecular formula is C14H14N4OS. The van der Waals surface area contributed by atoms with Crippen LogP contribution in [0.3, 0.4) is 0 Å². The van der Waals surface area contributed by atoms with Crippen molar-refractivity contribution >= 4 is 28.5 Å². The number of hydrogen-bond acceptors (Lipinski definition) is 5.